The molecule has 1 aromatic carbocycles. The summed E-state index contributed by atoms with van der Waals surface area (Å²) in [6, 6.07) is 9.83. The van der Waals surface area contributed by atoms with Gasteiger partial charge in [-0.3, -0.25) is 4.79 Å². The molecule has 1 amide bonds. The maximum atomic E-state index is 12.2. The highest BCUT2D eigenvalue weighted by molar-refractivity contribution is 9.10. The molecule has 0 spiro atoms. The van der Waals surface area contributed by atoms with Crippen molar-refractivity contribution in [2.24, 2.45) is 0 Å². The summed E-state index contributed by atoms with van der Waals surface area (Å²) in [5, 5.41) is 0. The Hall–Kier alpha value is -1.55. The van der Waals surface area contributed by atoms with Gasteiger partial charge in [0, 0.05) is 23.8 Å². The summed E-state index contributed by atoms with van der Waals surface area (Å²) in [5.74, 6) is 0.0747. The normalized spacial score (nSPS) is 14.4. The molecule has 1 aliphatic rings. The van der Waals surface area contributed by atoms with E-state index in [-0.39, 0.29) is 5.91 Å². The summed E-state index contributed by atoms with van der Waals surface area (Å²) in [4.78, 5) is 17.1. The first kappa shape index (κ1) is 11.5. The number of nitrogens with one attached hydrogen (secondary N) is 1. The molecule has 1 aliphatic heterocycles. The number of nitrogens with zero attached hydrogens (tertiary/aromatic N) is 1. The summed E-state index contributed by atoms with van der Waals surface area (Å²) in [7, 11) is 0. The number of rotatable bonds is 1. The highest BCUT2D eigenvalue weighted by Gasteiger charge is 2.23. The average molecular weight is 305 g/mol. The standard InChI is InChI=1S/C14H13BrN2O/c15-12-4-1-3-10-9-17(8-6-11(10)12)14(18)13-5-2-7-16-13/h1-5,7,16H,6,8-9H2. The van der Waals surface area contributed by atoms with Gasteiger partial charge in [-0.2, -0.15) is 0 Å². The molecule has 92 valence electrons. The molecule has 0 saturated carbocycles. The van der Waals surface area contributed by atoms with Crippen molar-refractivity contribution in [3.63, 3.8) is 0 Å². The second-order valence-corrected chi connectivity index (χ2v) is 5.29. The number of hydrogen-bond donors (Lipinski definition) is 1. The third-order valence-corrected chi connectivity index (χ3v) is 4.07. The molecule has 0 bridgehead atoms. The number of carbonyl (C=O) groups excluding carboxylic acids is 1. The molecule has 4 heteroatoms. The van der Waals surface area contributed by atoms with Crippen LogP contribution in [0.4, 0.5) is 0 Å². The van der Waals surface area contributed by atoms with Crippen molar-refractivity contribution in [3.8, 4) is 0 Å². The number of carbonyl (C=O) groups is 1. The smallest absolute Gasteiger partial charge is 0.270 e. The lowest BCUT2D eigenvalue weighted by molar-refractivity contribution is 0.0729. The molecule has 0 fully saturated rings. The molecule has 3 rings (SSSR count). The van der Waals surface area contributed by atoms with Gasteiger partial charge >= 0.3 is 0 Å². The predicted molar refractivity (Wildman–Crippen MR) is 73.4 cm³/mol. The maximum Gasteiger partial charge on any atom is 0.270 e. The Labute approximate surface area is 114 Å². The first-order chi connectivity index (χ1) is 8.75. The highest BCUT2D eigenvalue weighted by atomic mass is 79.9. The van der Waals surface area contributed by atoms with Crippen molar-refractivity contribution in [3.05, 3.63) is 57.8 Å². The summed E-state index contributed by atoms with van der Waals surface area (Å²) < 4.78 is 1.15. The van der Waals surface area contributed by atoms with E-state index in [0.29, 0.717) is 12.2 Å². The fraction of sp³-hybridized carbons (Fsp3) is 0.214. The fourth-order valence-corrected chi connectivity index (χ4v) is 2.98. The summed E-state index contributed by atoms with van der Waals surface area (Å²) in [6.45, 7) is 1.46. The molecule has 0 radical (unpaired) electrons. The monoisotopic (exact) mass is 304 g/mol. The van der Waals surface area contributed by atoms with E-state index in [1.807, 2.05) is 23.1 Å². The van der Waals surface area contributed by atoms with Gasteiger partial charge in [0.1, 0.15) is 5.69 Å². The van der Waals surface area contributed by atoms with E-state index in [9.17, 15) is 4.79 Å². The summed E-state index contributed by atoms with van der Waals surface area (Å²) >= 11 is 3.57. The number of amides is 1. The van der Waals surface area contributed by atoms with Crippen LogP contribution in [0.2, 0.25) is 0 Å². The van der Waals surface area contributed by atoms with Crippen molar-refractivity contribution >= 4 is 21.8 Å². The van der Waals surface area contributed by atoms with E-state index in [1.165, 1.54) is 11.1 Å². The van der Waals surface area contributed by atoms with Crippen LogP contribution in [0.3, 0.4) is 0 Å². The van der Waals surface area contributed by atoms with Gasteiger partial charge in [-0.05, 0) is 35.7 Å². The van der Waals surface area contributed by atoms with E-state index in [0.717, 1.165) is 17.4 Å². The summed E-state index contributed by atoms with van der Waals surface area (Å²) in [5.41, 5.74) is 3.22. The number of fused-ring (bicyclic) bond motifs is 1. The van der Waals surface area contributed by atoms with E-state index >= 15 is 0 Å². The van der Waals surface area contributed by atoms with Crippen molar-refractivity contribution in [1.82, 2.24) is 9.88 Å². The van der Waals surface area contributed by atoms with Crippen LogP contribution in [0, 0.1) is 0 Å². The van der Waals surface area contributed by atoms with Gasteiger partial charge in [0.05, 0.1) is 0 Å². The van der Waals surface area contributed by atoms with Gasteiger partial charge in [0.25, 0.3) is 5.91 Å². The van der Waals surface area contributed by atoms with Crippen LogP contribution in [-0.2, 0) is 13.0 Å². The zero-order valence-electron chi connectivity index (χ0n) is 9.82. The molecule has 0 unspecified atom stereocenters. The number of H-pyrrole nitrogens is 1. The quantitative estimate of drug-likeness (QED) is 0.864. The van der Waals surface area contributed by atoms with E-state index < -0.39 is 0 Å². The van der Waals surface area contributed by atoms with Gasteiger partial charge in [-0.25, -0.2) is 0 Å². The average Bonchev–Trinajstić information content (AvgIpc) is 2.91. The number of aromatic amines is 1. The molecule has 2 heterocycles. The lowest BCUT2D eigenvalue weighted by Gasteiger charge is -2.29. The predicted octanol–water partition coefficient (Wildman–Crippen LogP) is 2.98. The van der Waals surface area contributed by atoms with Crippen LogP contribution in [0.15, 0.2) is 41.0 Å². The Kier molecular flexibility index (Phi) is 2.96. The van der Waals surface area contributed by atoms with Gasteiger partial charge in [0.15, 0.2) is 0 Å². The first-order valence-corrected chi connectivity index (χ1v) is 6.74. The van der Waals surface area contributed by atoms with E-state index in [1.54, 1.807) is 6.20 Å². The molecule has 18 heavy (non-hydrogen) atoms. The molecular weight excluding hydrogens is 292 g/mol. The van der Waals surface area contributed by atoms with Crippen LogP contribution in [0.1, 0.15) is 21.6 Å². The minimum absolute atomic E-state index is 0.0747. The molecule has 0 saturated heterocycles. The third kappa shape index (κ3) is 1.97. The van der Waals surface area contributed by atoms with Gasteiger partial charge in [-0.15, -0.1) is 0 Å². The van der Waals surface area contributed by atoms with Crippen LogP contribution in [0.25, 0.3) is 0 Å². The number of halogens is 1. The molecule has 0 atom stereocenters. The second kappa shape index (κ2) is 4.61. The number of benzene rings is 1. The Morgan fingerprint density at radius 1 is 1.28 bits per heavy atom. The third-order valence-electron chi connectivity index (χ3n) is 3.32. The molecule has 1 N–H and O–H groups in total. The summed E-state index contributed by atoms with van der Waals surface area (Å²) in [6.07, 6.45) is 2.69. The zero-order valence-corrected chi connectivity index (χ0v) is 11.4. The van der Waals surface area contributed by atoms with Crippen LogP contribution in [0.5, 0.6) is 0 Å². The minimum Gasteiger partial charge on any atom is -0.357 e. The van der Waals surface area contributed by atoms with E-state index in [4.69, 9.17) is 0 Å². The Morgan fingerprint density at radius 3 is 2.94 bits per heavy atom. The van der Waals surface area contributed by atoms with Crippen LogP contribution < -0.4 is 0 Å². The first-order valence-electron chi connectivity index (χ1n) is 5.94. The number of aromatic nitrogens is 1. The van der Waals surface area contributed by atoms with Crippen LogP contribution >= 0.6 is 15.9 Å². The Bertz CT molecular complexity index is 577. The second-order valence-electron chi connectivity index (χ2n) is 4.44. The van der Waals surface area contributed by atoms with Crippen LogP contribution in [-0.4, -0.2) is 22.3 Å². The zero-order chi connectivity index (χ0) is 12.5. The van der Waals surface area contributed by atoms with Crippen molar-refractivity contribution < 1.29 is 4.79 Å². The topological polar surface area (TPSA) is 36.1 Å². The molecule has 2 aromatic rings. The van der Waals surface area contributed by atoms with Crippen molar-refractivity contribution in [2.45, 2.75) is 13.0 Å². The molecule has 0 aliphatic carbocycles. The largest absolute Gasteiger partial charge is 0.357 e. The SMILES string of the molecule is O=C(c1ccc[nH]1)N1CCc2c(Br)cccc2C1. The maximum absolute atomic E-state index is 12.2. The molecule has 1 aromatic heterocycles. The Balaban J connectivity index is 1.85. The van der Waals surface area contributed by atoms with Crippen molar-refractivity contribution in [2.75, 3.05) is 6.54 Å². The minimum atomic E-state index is 0.0747. The number of hydrogen-bond acceptors (Lipinski definition) is 1. The van der Waals surface area contributed by atoms with Gasteiger partial charge in [-0.1, -0.05) is 28.1 Å². The molecular formula is C14H13BrN2O. The van der Waals surface area contributed by atoms with Gasteiger partial charge in [0.2, 0.25) is 0 Å². The lowest BCUT2D eigenvalue weighted by atomic mass is 10.00. The fourth-order valence-electron chi connectivity index (χ4n) is 2.37. The molecule has 3 nitrogen and oxygen atoms in total. The highest BCUT2D eigenvalue weighted by Crippen LogP contribution is 2.26. The van der Waals surface area contributed by atoms with Gasteiger partial charge < -0.3 is 9.88 Å². The Morgan fingerprint density at radius 2 is 2.17 bits per heavy atom. The van der Waals surface area contributed by atoms with E-state index in [2.05, 4.69) is 33.0 Å². The lowest BCUT2D eigenvalue weighted by Crippen LogP contribution is -2.36. The van der Waals surface area contributed by atoms with Crippen molar-refractivity contribution in [1.29, 1.82) is 0 Å².